The lowest BCUT2D eigenvalue weighted by Crippen LogP contribution is -2.20. The van der Waals surface area contributed by atoms with Crippen molar-refractivity contribution in [1.29, 1.82) is 0 Å². The number of carbonyl (C=O) groups is 1. The first-order valence-corrected chi connectivity index (χ1v) is 10.2. The summed E-state index contributed by atoms with van der Waals surface area (Å²) in [5.74, 6) is 1.33. The van der Waals surface area contributed by atoms with Crippen molar-refractivity contribution in [3.05, 3.63) is 60.7 Å². The molecular formula is C22H24N2O4S. The number of thioether (sulfide) groups is 1. The highest BCUT2D eigenvalue weighted by Gasteiger charge is 2.14. The number of nitrogens with zero attached hydrogens (tertiary/aromatic N) is 2. The molecule has 1 unspecified atom stereocenters. The van der Waals surface area contributed by atoms with E-state index in [-0.39, 0.29) is 12.4 Å². The van der Waals surface area contributed by atoms with Crippen LogP contribution in [0.15, 0.2) is 60.3 Å². The summed E-state index contributed by atoms with van der Waals surface area (Å²) in [6.07, 6.45) is 1.13. The van der Waals surface area contributed by atoms with Gasteiger partial charge in [0.1, 0.15) is 6.61 Å². The van der Waals surface area contributed by atoms with E-state index in [1.807, 2.05) is 30.3 Å². The normalized spacial score (nSPS) is 12.0. The minimum Gasteiger partial charge on any atom is -0.493 e. The van der Waals surface area contributed by atoms with Gasteiger partial charge >= 0.3 is 0 Å². The molecule has 7 heteroatoms. The number of hydrogen-bond donors (Lipinski definition) is 1. The number of methoxy groups -OCH3 is 1. The maximum absolute atomic E-state index is 11.5. The third-order valence-electron chi connectivity index (χ3n) is 4.34. The Morgan fingerprint density at radius 1 is 1.31 bits per heavy atom. The standard InChI is InChI=1S/C22H24N2O4S/c1-4-11-24-19-8-6-5-7-18(19)23-22(24)29-14-17(26)13-28-20-10-9-16(15(2)25)12-21(20)27-3/h4-10,12,17,26H,1,11,13-14H2,2-3H3. The van der Waals surface area contributed by atoms with Gasteiger partial charge in [0.25, 0.3) is 0 Å². The lowest BCUT2D eigenvalue weighted by Gasteiger charge is -2.15. The fourth-order valence-corrected chi connectivity index (χ4v) is 3.81. The highest BCUT2D eigenvalue weighted by atomic mass is 32.2. The van der Waals surface area contributed by atoms with Crippen molar-refractivity contribution in [2.45, 2.75) is 24.7 Å². The van der Waals surface area contributed by atoms with Gasteiger partial charge in [0, 0.05) is 17.9 Å². The van der Waals surface area contributed by atoms with Gasteiger partial charge in [-0.2, -0.15) is 0 Å². The number of para-hydroxylation sites is 2. The lowest BCUT2D eigenvalue weighted by molar-refractivity contribution is 0.101. The number of Topliss-reactive ketones (excluding diaryl/α,β-unsaturated/α-hetero) is 1. The zero-order valence-corrected chi connectivity index (χ0v) is 17.3. The molecule has 3 rings (SSSR count). The Labute approximate surface area is 174 Å². The van der Waals surface area contributed by atoms with Crippen molar-refractivity contribution in [2.75, 3.05) is 19.5 Å². The van der Waals surface area contributed by atoms with E-state index in [0.717, 1.165) is 16.2 Å². The number of benzene rings is 2. The van der Waals surface area contributed by atoms with E-state index in [1.165, 1.54) is 25.8 Å². The Kier molecular flexibility index (Phi) is 6.95. The van der Waals surface area contributed by atoms with E-state index >= 15 is 0 Å². The Hall–Kier alpha value is -2.77. The number of ether oxygens (including phenoxy) is 2. The first-order valence-electron chi connectivity index (χ1n) is 9.22. The van der Waals surface area contributed by atoms with Crippen molar-refractivity contribution in [1.82, 2.24) is 9.55 Å². The van der Waals surface area contributed by atoms with E-state index in [2.05, 4.69) is 16.1 Å². The highest BCUT2D eigenvalue weighted by molar-refractivity contribution is 7.99. The van der Waals surface area contributed by atoms with Crippen LogP contribution in [-0.2, 0) is 6.54 Å². The van der Waals surface area contributed by atoms with Crippen LogP contribution < -0.4 is 9.47 Å². The van der Waals surface area contributed by atoms with Crippen molar-refractivity contribution in [3.8, 4) is 11.5 Å². The Morgan fingerprint density at radius 3 is 2.83 bits per heavy atom. The molecule has 0 aliphatic heterocycles. The van der Waals surface area contributed by atoms with E-state index in [4.69, 9.17) is 9.47 Å². The van der Waals surface area contributed by atoms with Gasteiger partial charge in [0.15, 0.2) is 22.4 Å². The molecule has 0 aliphatic rings. The molecule has 0 fully saturated rings. The van der Waals surface area contributed by atoms with Crippen LogP contribution in [0.4, 0.5) is 0 Å². The summed E-state index contributed by atoms with van der Waals surface area (Å²) in [5.41, 5.74) is 2.50. The number of carbonyl (C=O) groups excluding carboxylic acids is 1. The molecule has 0 aliphatic carbocycles. The van der Waals surface area contributed by atoms with Gasteiger partial charge in [0.05, 0.1) is 24.2 Å². The molecule has 1 heterocycles. The van der Waals surface area contributed by atoms with E-state index in [1.54, 1.807) is 18.2 Å². The minimum absolute atomic E-state index is 0.0475. The van der Waals surface area contributed by atoms with Gasteiger partial charge in [-0.3, -0.25) is 4.79 Å². The molecule has 2 aromatic carbocycles. The number of aliphatic hydroxyl groups excluding tert-OH is 1. The fraction of sp³-hybridized carbons (Fsp3) is 0.273. The molecule has 0 amide bonds. The van der Waals surface area contributed by atoms with Crippen LogP contribution in [0.3, 0.4) is 0 Å². The van der Waals surface area contributed by atoms with Gasteiger partial charge in [0.2, 0.25) is 0 Å². The molecule has 0 bridgehead atoms. The Balaban J connectivity index is 1.63. The van der Waals surface area contributed by atoms with Crippen molar-refractivity contribution >= 4 is 28.6 Å². The summed E-state index contributed by atoms with van der Waals surface area (Å²) in [6.45, 7) is 6.06. The molecule has 1 atom stereocenters. The molecule has 152 valence electrons. The van der Waals surface area contributed by atoms with Gasteiger partial charge in [-0.25, -0.2) is 4.98 Å². The van der Waals surface area contributed by atoms with Crippen molar-refractivity contribution < 1.29 is 19.4 Å². The van der Waals surface area contributed by atoms with Crippen LogP contribution in [-0.4, -0.2) is 46.0 Å². The maximum Gasteiger partial charge on any atom is 0.169 e. The number of ketones is 1. The first-order chi connectivity index (χ1) is 14.0. The molecular weight excluding hydrogens is 388 g/mol. The van der Waals surface area contributed by atoms with Crippen LogP contribution in [0.25, 0.3) is 11.0 Å². The van der Waals surface area contributed by atoms with E-state index < -0.39 is 6.10 Å². The van der Waals surface area contributed by atoms with Gasteiger partial charge in [-0.15, -0.1) is 6.58 Å². The second-order valence-electron chi connectivity index (χ2n) is 6.48. The molecule has 0 saturated heterocycles. The Morgan fingerprint density at radius 2 is 2.10 bits per heavy atom. The van der Waals surface area contributed by atoms with Gasteiger partial charge < -0.3 is 19.1 Å². The monoisotopic (exact) mass is 412 g/mol. The fourth-order valence-electron chi connectivity index (χ4n) is 2.88. The van der Waals surface area contributed by atoms with Crippen LogP contribution in [0.1, 0.15) is 17.3 Å². The molecule has 1 aromatic heterocycles. The quantitative estimate of drug-likeness (QED) is 0.309. The zero-order chi connectivity index (χ0) is 20.8. The van der Waals surface area contributed by atoms with Crippen LogP contribution in [0, 0.1) is 0 Å². The summed E-state index contributed by atoms with van der Waals surface area (Å²) >= 11 is 1.47. The predicted molar refractivity (Wildman–Crippen MR) is 115 cm³/mol. The third-order valence-corrected chi connectivity index (χ3v) is 5.46. The molecule has 0 saturated carbocycles. The number of aliphatic hydroxyl groups is 1. The average Bonchev–Trinajstić information content (AvgIpc) is 3.08. The molecule has 29 heavy (non-hydrogen) atoms. The molecule has 0 spiro atoms. The molecule has 0 radical (unpaired) electrons. The number of imidazole rings is 1. The van der Waals surface area contributed by atoms with E-state index in [0.29, 0.717) is 29.4 Å². The minimum atomic E-state index is -0.700. The average molecular weight is 413 g/mol. The van der Waals surface area contributed by atoms with Gasteiger partial charge in [-0.1, -0.05) is 30.0 Å². The number of fused-ring (bicyclic) bond motifs is 1. The zero-order valence-electron chi connectivity index (χ0n) is 16.5. The van der Waals surface area contributed by atoms with E-state index in [9.17, 15) is 9.90 Å². The summed E-state index contributed by atoms with van der Waals surface area (Å²) < 4.78 is 13.1. The largest absolute Gasteiger partial charge is 0.493 e. The summed E-state index contributed by atoms with van der Waals surface area (Å²) in [4.78, 5) is 16.1. The molecule has 6 nitrogen and oxygen atoms in total. The number of hydrogen-bond acceptors (Lipinski definition) is 6. The SMILES string of the molecule is C=CCn1c(SCC(O)COc2ccc(C(C)=O)cc2OC)nc2ccccc21. The smallest absolute Gasteiger partial charge is 0.169 e. The van der Waals surface area contributed by atoms with Crippen molar-refractivity contribution in [3.63, 3.8) is 0 Å². The number of aromatic nitrogens is 2. The van der Waals surface area contributed by atoms with Gasteiger partial charge in [-0.05, 0) is 37.3 Å². The molecule has 3 aromatic rings. The van der Waals surface area contributed by atoms with Crippen LogP contribution in [0.5, 0.6) is 11.5 Å². The number of rotatable bonds is 10. The highest BCUT2D eigenvalue weighted by Crippen LogP contribution is 2.29. The third kappa shape index (κ3) is 4.99. The van der Waals surface area contributed by atoms with Crippen LogP contribution in [0.2, 0.25) is 0 Å². The molecule has 1 N–H and O–H groups in total. The maximum atomic E-state index is 11.5. The summed E-state index contributed by atoms with van der Waals surface area (Å²) in [5, 5.41) is 11.2. The number of allylic oxidation sites excluding steroid dienone is 1. The lowest BCUT2D eigenvalue weighted by atomic mass is 10.1. The van der Waals surface area contributed by atoms with Crippen LogP contribution >= 0.6 is 11.8 Å². The summed E-state index contributed by atoms with van der Waals surface area (Å²) in [7, 11) is 1.52. The Bertz CT molecular complexity index is 1020. The topological polar surface area (TPSA) is 73.6 Å². The summed E-state index contributed by atoms with van der Waals surface area (Å²) in [6, 6.07) is 12.9. The van der Waals surface area contributed by atoms with Crippen molar-refractivity contribution in [2.24, 2.45) is 0 Å². The predicted octanol–water partition coefficient (Wildman–Crippen LogP) is 3.97. The second-order valence-corrected chi connectivity index (χ2v) is 7.47. The first kappa shape index (κ1) is 21.0. The second kappa shape index (κ2) is 9.62.